The number of hydrogen-bond acceptors (Lipinski definition) is 4. The Morgan fingerprint density at radius 2 is 1.96 bits per heavy atom. The summed E-state index contributed by atoms with van der Waals surface area (Å²) in [5.41, 5.74) is 0. The predicted octanol–water partition coefficient (Wildman–Crippen LogP) is 2.36. The highest BCUT2D eigenvalue weighted by Gasteiger charge is 2.32. The van der Waals surface area contributed by atoms with E-state index in [4.69, 9.17) is 0 Å². The number of piperidine rings is 2. The summed E-state index contributed by atoms with van der Waals surface area (Å²) in [4.78, 5) is 21.8. The minimum atomic E-state index is 0.0760. The average molecular weight is 339 g/mol. The van der Waals surface area contributed by atoms with Crippen LogP contribution in [0.1, 0.15) is 31.7 Å². The summed E-state index contributed by atoms with van der Waals surface area (Å²) in [7, 11) is 0. The van der Waals surface area contributed by atoms with Crippen LogP contribution in [-0.2, 0) is 4.79 Å². The number of likely N-dealkylation sites (tertiary alicyclic amines) is 1. The van der Waals surface area contributed by atoms with Crippen molar-refractivity contribution in [2.45, 2.75) is 31.7 Å². The van der Waals surface area contributed by atoms with Gasteiger partial charge in [-0.15, -0.1) is 0 Å². The zero-order valence-corrected chi connectivity index (χ0v) is 14.5. The van der Waals surface area contributed by atoms with Crippen LogP contribution in [0.2, 0.25) is 0 Å². The van der Waals surface area contributed by atoms with Crippen LogP contribution in [0.3, 0.4) is 0 Å². The van der Waals surface area contributed by atoms with Gasteiger partial charge in [0.25, 0.3) is 0 Å². The van der Waals surface area contributed by atoms with Crippen LogP contribution in [0, 0.1) is 5.92 Å². The molecule has 6 nitrogen and oxygen atoms in total. The first-order valence-corrected chi connectivity index (χ1v) is 9.25. The summed E-state index contributed by atoms with van der Waals surface area (Å²) in [6.07, 6.45) is 9.80. The van der Waals surface area contributed by atoms with Gasteiger partial charge in [-0.3, -0.25) is 9.48 Å². The van der Waals surface area contributed by atoms with Gasteiger partial charge in [-0.1, -0.05) is 6.07 Å². The van der Waals surface area contributed by atoms with Crippen LogP contribution in [0.5, 0.6) is 0 Å². The molecule has 2 fully saturated rings. The van der Waals surface area contributed by atoms with Crippen molar-refractivity contribution in [2.75, 3.05) is 31.1 Å². The zero-order valence-electron chi connectivity index (χ0n) is 14.5. The Labute approximate surface area is 148 Å². The van der Waals surface area contributed by atoms with Crippen molar-refractivity contribution in [3.8, 4) is 0 Å². The van der Waals surface area contributed by atoms with Gasteiger partial charge in [0.15, 0.2) is 0 Å². The maximum Gasteiger partial charge on any atom is 0.227 e. The highest BCUT2D eigenvalue weighted by molar-refractivity contribution is 5.80. The van der Waals surface area contributed by atoms with Crippen LogP contribution in [0.4, 0.5) is 5.82 Å². The van der Waals surface area contributed by atoms with Crippen LogP contribution in [0.25, 0.3) is 0 Å². The van der Waals surface area contributed by atoms with Crippen LogP contribution in [-0.4, -0.2) is 51.8 Å². The second-order valence-electron chi connectivity index (χ2n) is 7.04. The summed E-state index contributed by atoms with van der Waals surface area (Å²) >= 11 is 0. The quantitative estimate of drug-likeness (QED) is 0.861. The van der Waals surface area contributed by atoms with E-state index < -0.39 is 0 Å². The van der Waals surface area contributed by atoms with E-state index >= 15 is 0 Å². The SMILES string of the molecule is O=C([C@H]1CCCN(c2ccccn2)C1)N1CCC[C@@H](n2cccn2)C1. The predicted molar refractivity (Wildman–Crippen MR) is 96.3 cm³/mol. The Hall–Kier alpha value is -2.37. The molecule has 0 radical (unpaired) electrons. The fourth-order valence-corrected chi connectivity index (χ4v) is 4.05. The molecule has 4 rings (SSSR count). The molecule has 0 bridgehead atoms. The first-order valence-electron chi connectivity index (χ1n) is 9.25. The van der Waals surface area contributed by atoms with E-state index in [1.807, 2.05) is 47.5 Å². The molecule has 0 saturated carbocycles. The van der Waals surface area contributed by atoms with Crippen LogP contribution < -0.4 is 4.90 Å². The van der Waals surface area contributed by atoms with E-state index in [0.717, 1.165) is 57.7 Å². The Morgan fingerprint density at radius 1 is 1.04 bits per heavy atom. The van der Waals surface area contributed by atoms with Gasteiger partial charge in [-0.25, -0.2) is 4.98 Å². The summed E-state index contributed by atoms with van der Waals surface area (Å²) in [5.74, 6) is 1.36. The molecule has 2 aromatic rings. The van der Waals surface area contributed by atoms with Crippen molar-refractivity contribution in [1.29, 1.82) is 0 Å². The summed E-state index contributed by atoms with van der Waals surface area (Å²) in [5, 5.41) is 4.36. The second-order valence-corrected chi connectivity index (χ2v) is 7.04. The van der Waals surface area contributed by atoms with Crippen molar-refractivity contribution < 1.29 is 4.79 Å². The van der Waals surface area contributed by atoms with Gasteiger partial charge in [0.2, 0.25) is 5.91 Å². The molecule has 6 heteroatoms. The fraction of sp³-hybridized carbons (Fsp3) is 0.526. The van der Waals surface area contributed by atoms with Gasteiger partial charge >= 0.3 is 0 Å². The number of nitrogens with zero attached hydrogens (tertiary/aromatic N) is 5. The number of hydrogen-bond donors (Lipinski definition) is 0. The highest BCUT2D eigenvalue weighted by atomic mass is 16.2. The molecule has 2 saturated heterocycles. The minimum Gasteiger partial charge on any atom is -0.356 e. The first kappa shape index (κ1) is 16.1. The average Bonchev–Trinajstić information content (AvgIpc) is 3.23. The van der Waals surface area contributed by atoms with Gasteiger partial charge in [0.1, 0.15) is 5.82 Å². The lowest BCUT2D eigenvalue weighted by atomic mass is 9.95. The number of aromatic nitrogens is 3. The van der Waals surface area contributed by atoms with E-state index in [0.29, 0.717) is 11.9 Å². The molecule has 132 valence electrons. The smallest absolute Gasteiger partial charge is 0.227 e. The van der Waals surface area contributed by atoms with Gasteiger partial charge in [-0.2, -0.15) is 5.10 Å². The molecular weight excluding hydrogens is 314 g/mol. The normalized spacial score (nSPS) is 24.3. The third kappa shape index (κ3) is 3.52. The van der Waals surface area contributed by atoms with Gasteiger partial charge in [0, 0.05) is 44.8 Å². The molecule has 0 N–H and O–H groups in total. The van der Waals surface area contributed by atoms with Gasteiger partial charge in [0.05, 0.1) is 12.0 Å². The number of rotatable bonds is 3. The van der Waals surface area contributed by atoms with E-state index in [9.17, 15) is 4.79 Å². The number of amides is 1. The Kier molecular flexibility index (Phi) is 4.68. The summed E-state index contributed by atoms with van der Waals surface area (Å²) in [6.45, 7) is 3.41. The number of carbonyl (C=O) groups is 1. The lowest BCUT2D eigenvalue weighted by molar-refractivity contribution is -0.137. The van der Waals surface area contributed by atoms with Crippen molar-refractivity contribution in [1.82, 2.24) is 19.7 Å². The molecule has 4 heterocycles. The van der Waals surface area contributed by atoms with Crippen molar-refractivity contribution in [3.63, 3.8) is 0 Å². The highest BCUT2D eigenvalue weighted by Crippen LogP contribution is 2.26. The molecule has 2 atom stereocenters. The molecule has 2 aromatic heterocycles. The molecule has 2 aliphatic rings. The Bertz CT molecular complexity index is 687. The molecule has 0 unspecified atom stereocenters. The second kappa shape index (κ2) is 7.25. The standard InChI is InChI=1S/C19H25N5O/c25-19(23-12-4-7-17(15-23)24-13-5-10-21-24)16-6-3-11-22(14-16)18-8-1-2-9-20-18/h1-2,5,8-10,13,16-17H,3-4,6-7,11-12,14-15H2/t16-,17+/m0/s1. The van der Waals surface area contributed by atoms with Crippen LogP contribution in [0.15, 0.2) is 42.9 Å². The lowest BCUT2D eigenvalue weighted by Gasteiger charge is -2.38. The monoisotopic (exact) mass is 339 g/mol. The third-order valence-corrected chi connectivity index (χ3v) is 5.35. The van der Waals surface area contributed by atoms with E-state index in [1.165, 1.54) is 0 Å². The number of pyridine rings is 1. The van der Waals surface area contributed by atoms with Crippen molar-refractivity contribution in [2.24, 2.45) is 5.92 Å². The summed E-state index contributed by atoms with van der Waals surface area (Å²) < 4.78 is 2.00. The maximum absolute atomic E-state index is 13.1. The Balaban J connectivity index is 1.41. The third-order valence-electron chi connectivity index (χ3n) is 5.35. The summed E-state index contributed by atoms with van der Waals surface area (Å²) in [6, 6.07) is 8.23. The largest absolute Gasteiger partial charge is 0.356 e. The number of carbonyl (C=O) groups excluding carboxylic acids is 1. The zero-order chi connectivity index (χ0) is 17.1. The van der Waals surface area contributed by atoms with Gasteiger partial charge < -0.3 is 9.80 Å². The molecule has 0 aliphatic carbocycles. The Morgan fingerprint density at radius 3 is 2.76 bits per heavy atom. The van der Waals surface area contributed by atoms with Gasteiger partial charge in [-0.05, 0) is 43.9 Å². The molecule has 0 spiro atoms. The maximum atomic E-state index is 13.1. The minimum absolute atomic E-state index is 0.0760. The molecule has 0 aromatic carbocycles. The van der Waals surface area contributed by atoms with Crippen molar-refractivity contribution >= 4 is 11.7 Å². The fourth-order valence-electron chi connectivity index (χ4n) is 4.05. The number of anilines is 1. The molecule has 2 aliphatic heterocycles. The van der Waals surface area contributed by atoms with E-state index in [-0.39, 0.29) is 5.92 Å². The lowest BCUT2D eigenvalue weighted by Crippen LogP contribution is -2.48. The molecule has 1 amide bonds. The first-order chi connectivity index (χ1) is 12.3. The topological polar surface area (TPSA) is 54.3 Å². The van der Waals surface area contributed by atoms with Crippen LogP contribution >= 0.6 is 0 Å². The molecule has 25 heavy (non-hydrogen) atoms. The van der Waals surface area contributed by atoms with E-state index in [1.54, 1.807) is 0 Å². The molecular formula is C19H25N5O. The van der Waals surface area contributed by atoms with Crippen molar-refractivity contribution in [3.05, 3.63) is 42.9 Å². The van der Waals surface area contributed by atoms with E-state index in [2.05, 4.69) is 19.9 Å².